The molecule has 1 aromatic heterocycles. The van der Waals surface area contributed by atoms with Crippen LogP contribution < -0.4 is 5.32 Å². The molecule has 138 valence electrons. The predicted octanol–water partition coefficient (Wildman–Crippen LogP) is 5.49. The fourth-order valence-corrected chi connectivity index (χ4v) is 3.09. The van der Waals surface area contributed by atoms with E-state index < -0.39 is 5.91 Å². The van der Waals surface area contributed by atoms with Crippen molar-refractivity contribution in [2.24, 2.45) is 0 Å². The van der Waals surface area contributed by atoms with Gasteiger partial charge in [-0.3, -0.25) is 4.79 Å². The fraction of sp³-hybridized carbons (Fsp3) is 0. The van der Waals surface area contributed by atoms with E-state index in [-0.39, 0.29) is 5.82 Å². The highest BCUT2D eigenvalue weighted by molar-refractivity contribution is 6.33. The highest BCUT2D eigenvalue weighted by atomic mass is 35.5. The van der Waals surface area contributed by atoms with E-state index >= 15 is 0 Å². The van der Waals surface area contributed by atoms with Gasteiger partial charge >= 0.3 is 0 Å². The lowest BCUT2D eigenvalue weighted by Gasteiger charge is -2.05. The average molecular weight is 409 g/mol. The summed E-state index contributed by atoms with van der Waals surface area (Å²) in [5.74, 6) is 0.0859. The summed E-state index contributed by atoms with van der Waals surface area (Å²) in [4.78, 5) is 17.2. The number of benzene rings is 3. The molecule has 3 aromatic carbocycles. The van der Waals surface area contributed by atoms with Gasteiger partial charge < -0.3 is 5.32 Å². The Hall–Kier alpha value is -3.15. The Balaban J connectivity index is 1.77. The highest BCUT2D eigenvalue weighted by Gasteiger charge is 2.19. The monoisotopic (exact) mass is 408 g/mol. The molecule has 4 rings (SSSR count). The average Bonchev–Trinajstić information content (AvgIpc) is 3.16. The first kappa shape index (κ1) is 18.2. The molecule has 1 N–H and O–H groups in total. The van der Waals surface area contributed by atoms with E-state index in [2.05, 4.69) is 15.4 Å². The van der Waals surface area contributed by atoms with Gasteiger partial charge in [0.2, 0.25) is 5.82 Å². The number of para-hydroxylation sites is 2. The summed E-state index contributed by atoms with van der Waals surface area (Å²) in [6.07, 6.45) is 0. The van der Waals surface area contributed by atoms with Crippen molar-refractivity contribution < 1.29 is 4.79 Å². The summed E-state index contributed by atoms with van der Waals surface area (Å²) >= 11 is 12.3. The van der Waals surface area contributed by atoms with Crippen LogP contribution in [-0.4, -0.2) is 20.7 Å². The molecule has 0 radical (unpaired) electrons. The number of nitrogens with zero attached hydrogens (tertiary/aromatic N) is 3. The zero-order valence-electron chi connectivity index (χ0n) is 14.5. The molecule has 1 amide bonds. The molecule has 5 nitrogen and oxygen atoms in total. The first-order chi connectivity index (χ1) is 13.6. The third kappa shape index (κ3) is 3.76. The number of nitrogens with one attached hydrogen (secondary N) is 1. The van der Waals surface area contributed by atoms with Gasteiger partial charge in [0.1, 0.15) is 0 Å². The Labute approximate surface area is 171 Å². The molecule has 0 fully saturated rings. The molecule has 0 aliphatic carbocycles. The molecule has 0 aliphatic heterocycles. The second-order valence-corrected chi connectivity index (χ2v) is 6.79. The Morgan fingerprint density at radius 1 is 0.893 bits per heavy atom. The third-order valence-electron chi connectivity index (χ3n) is 4.02. The molecule has 0 aliphatic rings. The van der Waals surface area contributed by atoms with Crippen molar-refractivity contribution in [3.8, 4) is 17.1 Å². The number of halogens is 2. The van der Waals surface area contributed by atoms with Gasteiger partial charge in [0.25, 0.3) is 5.91 Å². The van der Waals surface area contributed by atoms with E-state index in [1.54, 1.807) is 41.1 Å². The molecule has 0 bridgehead atoms. The van der Waals surface area contributed by atoms with Crippen molar-refractivity contribution >= 4 is 34.8 Å². The van der Waals surface area contributed by atoms with Crippen LogP contribution in [0.1, 0.15) is 10.6 Å². The van der Waals surface area contributed by atoms with Gasteiger partial charge in [0, 0.05) is 10.6 Å². The van der Waals surface area contributed by atoms with Crippen molar-refractivity contribution in [1.82, 2.24) is 14.8 Å². The van der Waals surface area contributed by atoms with E-state index in [0.29, 0.717) is 21.6 Å². The number of rotatable bonds is 4. The number of carbonyl (C=O) groups excluding carboxylic acids is 1. The second-order valence-electron chi connectivity index (χ2n) is 5.95. The molecule has 0 atom stereocenters. The van der Waals surface area contributed by atoms with Gasteiger partial charge in [-0.2, -0.15) is 0 Å². The smallest absolute Gasteiger partial charge is 0.295 e. The Morgan fingerprint density at radius 2 is 1.64 bits per heavy atom. The largest absolute Gasteiger partial charge is 0.318 e. The molecule has 0 saturated carbocycles. The van der Waals surface area contributed by atoms with E-state index in [4.69, 9.17) is 23.2 Å². The first-order valence-electron chi connectivity index (χ1n) is 8.46. The van der Waals surface area contributed by atoms with E-state index in [9.17, 15) is 4.79 Å². The Bertz CT molecular complexity index is 1140. The lowest BCUT2D eigenvalue weighted by molar-refractivity contribution is 0.101. The maximum Gasteiger partial charge on any atom is 0.295 e. The Kier molecular flexibility index (Phi) is 5.10. The van der Waals surface area contributed by atoms with Crippen molar-refractivity contribution in [2.45, 2.75) is 0 Å². The van der Waals surface area contributed by atoms with Gasteiger partial charge in [0.05, 0.1) is 16.4 Å². The summed E-state index contributed by atoms with van der Waals surface area (Å²) in [6.45, 7) is 0. The van der Waals surface area contributed by atoms with E-state index in [1.165, 1.54) is 0 Å². The summed E-state index contributed by atoms with van der Waals surface area (Å²) in [7, 11) is 0. The molecule has 0 unspecified atom stereocenters. The molecule has 4 aromatic rings. The summed E-state index contributed by atoms with van der Waals surface area (Å²) in [5.41, 5.74) is 2.02. The first-order valence-corrected chi connectivity index (χ1v) is 9.22. The predicted molar refractivity (Wildman–Crippen MR) is 111 cm³/mol. The summed E-state index contributed by atoms with van der Waals surface area (Å²) < 4.78 is 1.62. The van der Waals surface area contributed by atoms with Gasteiger partial charge in [0.15, 0.2) is 5.82 Å². The normalized spacial score (nSPS) is 10.6. The van der Waals surface area contributed by atoms with Crippen LogP contribution in [0, 0.1) is 0 Å². The van der Waals surface area contributed by atoms with Gasteiger partial charge in [-0.05, 0) is 36.4 Å². The van der Waals surface area contributed by atoms with Crippen LogP contribution in [0.4, 0.5) is 5.69 Å². The molecule has 7 heteroatoms. The number of anilines is 1. The van der Waals surface area contributed by atoms with Crippen molar-refractivity contribution in [3.63, 3.8) is 0 Å². The van der Waals surface area contributed by atoms with Crippen molar-refractivity contribution in [2.75, 3.05) is 5.32 Å². The lowest BCUT2D eigenvalue weighted by atomic mass is 10.2. The minimum atomic E-state index is -0.453. The molecule has 1 heterocycles. The van der Waals surface area contributed by atoms with Crippen LogP contribution in [0.25, 0.3) is 17.1 Å². The highest BCUT2D eigenvalue weighted by Crippen LogP contribution is 2.25. The van der Waals surface area contributed by atoms with Crippen molar-refractivity contribution in [1.29, 1.82) is 0 Å². The van der Waals surface area contributed by atoms with Gasteiger partial charge in [-0.15, -0.1) is 5.10 Å². The quantitative estimate of drug-likeness (QED) is 0.485. The minimum absolute atomic E-state index is 0.0266. The molecule has 0 saturated heterocycles. The standard InChI is InChI=1S/C21H14Cl2N4O/c22-15-8-6-7-14(13-15)20-25-19(26-27(20)16-9-2-1-3-10-16)21(28)24-18-12-5-4-11-17(18)23/h1-13H,(H,24,28). The zero-order chi connectivity index (χ0) is 19.5. The summed E-state index contributed by atoms with van der Waals surface area (Å²) in [5, 5.41) is 8.18. The maximum absolute atomic E-state index is 12.7. The minimum Gasteiger partial charge on any atom is -0.318 e. The fourth-order valence-electron chi connectivity index (χ4n) is 2.71. The van der Waals surface area contributed by atoms with Gasteiger partial charge in [-0.1, -0.05) is 65.7 Å². The zero-order valence-corrected chi connectivity index (χ0v) is 16.0. The van der Waals surface area contributed by atoms with Crippen LogP contribution in [0.15, 0.2) is 78.9 Å². The SMILES string of the molecule is O=C(Nc1ccccc1Cl)c1nc(-c2cccc(Cl)c2)n(-c2ccccc2)n1. The lowest BCUT2D eigenvalue weighted by Crippen LogP contribution is -2.14. The van der Waals surface area contributed by atoms with Crippen LogP contribution in [0.5, 0.6) is 0 Å². The number of carbonyl (C=O) groups is 1. The van der Waals surface area contributed by atoms with E-state index in [1.807, 2.05) is 42.5 Å². The molecule has 28 heavy (non-hydrogen) atoms. The van der Waals surface area contributed by atoms with E-state index in [0.717, 1.165) is 11.3 Å². The summed E-state index contributed by atoms with van der Waals surface area (Å²) in [6, 6.07) is 23.7. The second kappa shape index (κ2) is 7.84. The number of amides is 1. The third-order valence-corrected chi connectivity index (χ3v) is 4.58. The number of aromatic nitrogens is 3. The molecular weight excluding hydrogens is 395 g/mol. The van der Waals surface area contributed by atoms with Gasteiger partial charge in [-0.25, -0.2) is 9.67 Å². The van der Waals surface area contributed by atoms with Crippen LogP contribution in [0.3, 0.4) is 0 Å². The van der Waals surface area contributed by atoms with Crippen molar-refractivity contribution in [3.05, 3.63) is 94.7 Å². The molecule has 0 spiro atoms. The number of hydrogen-bond donors (Lipinski definition) is 1. The van der Waals surface area contributed by atoms with Crippen LogP contribution in [-0.2, 0) is 0 Å². The van der Waals surface area contributed by atoms with Crippen LogP contribution >= 0.6 is 23.2 Å². The maximum atomic E-state index is 12.7. The van der Waals surface area contributed by atoms with Crippen LogP contribution in [0.2, 0.25) is 10.0 Å². The Morgan fingerprint density at radius 3 is 2.39 bits per heavy atom. The number of hydrogen-bond acceptors (Lipinski definition) is 3. The molecular formula is C21H14Cl2N4O. The topological polar surface area (TPSA) is 59.8 Å².